The number of nitrogens with zero attached hydrogens (tertiary/aromatic N) is 2. The number of carboxylic acids is 2. The summed E-state index contributed by atoms with van der Waals surface area (Å²) in [6.45, 7) is 2.66. The number of fused-ring (bicyclic) bond motifs is 1. The van der Waals surface area contributed by atoms with Gasteiger partial charge in [-0.25, -0.2) is 4.79 Å². The van der Waals surface area contributed by atoms with Crippen LogP contribution in [0.1, 0.15) is 57.9 Å². The summed E-state index contributed by atoms with van der Waals surface area (Å²) in [5.41, 5.74) is 28.7. The van der Waals surface area contributed by atoms with Crippen LogP contribution in [0.2, 0.25) is 0 Å². The standard InChI is InChI=1S/C44H70N16O12S3/c1-21(2)13-28(38(67)60-32(20-75)42(71)72)57-39(68)29(14-22-16-52-25-8-4-3-7-23(22)25)58-40(69)30(15-34(62)63)54-33(61)17-53-36(65)26(9-5-11-50-43(46)47)55-37(66)27(10-6-12-51-44(48)49)56-41(70)31(19-74)59-35(64)24(45)18-73/h3-4,7-8,16,21,24,26-32,52,73-75H,5-6,9-15,17-20,45H2,1-2H3,(H,53,65)(H,54,61)(H,55,66)(H,56,70)(H,57,68)(H,58,69)(H,59,64)(H,60,67)(H,62,63)(H,71,72)(H4,46,47,50)(H4,48,49,51)/t24-,26-,27-,28-,29-,30-,31-,32-/m0/s1. The Morgan fingerprint density at radius 2 is 1.08 bits per heavy atom. The van der Waals surface area contributed by atoms with Gasteiger partial charge in [0.25, 0.3) is 0 Å². The number of rotatable bonds is 34. The molecule has 1 aromatic heterocycles. The molecule has 0 bridgehead atoms. The fourth-order valence-corrected chi connectivity index (χ4v) is 7.67. The average molecular weight is 1110 g/mol. The number of thiol groups is 3. The molecule has 0 spiro atoms. The molecule has 21 N–H and O–H groups in total. The van der Waals surface area contributed by atoms with Gasteiger partial charge in [-0.2, -0.15) is 37.9 Å². The molecule has 8 atom stereocenters. The maximum Gasteiger partial charge on any atom is 0.327 e. The van der Waals surface area contributed by atoms with Crippen LogP contribution in [0.3, 0.4) is 0 Å². The molecule has 8 amide bonds. The van der Waals surface area contributed by atoms with E-state index < -0.39 is 120 Å². The predicted octanol–water partition coefficient (Wildman–Crippen LogP) is -4.95. The number of nitrogens with two attached hydrogens (primary N) is 5. The molecule has 0 fully saturated rings. The number of carbonyl (C=O) groups excluding carboxylic acids is 8. The van der Waals surface area contributed by atoms with Gasteiger partial charge in [0.2, 0.25) is 47.3 Å². The minimum absolute atomic E-state index is 0.00295. The Morgan fingerprint density at radius 3 is 1.61 bits per heavy atom. The summed E-state index contributed by atoms with van der Waals surface area (Å²) in [6, 6.07) is -4.17. The van der Waals surface area contributed by atoms with E-state index in [0.29, 0.717) is 16.5 Å². The number of hydrogen-bond acceptors (Lipinski definition) is 16. The highest BCUT2D eigenvalue weighted by Crippen LogP contribution is 2.20. The van der Waals surface area contributed by atoms with Crippen LogP contribution in [0, 0.1) is 5.92 Å². The minimum atomic E-state index is -1.86. The maximum atomic E-state index is 14.1. The lowest BCUT2D eigenvalue weighted by Crippen LogP contribution is -2.59. The molecule has 0 saturated carbocycles. The minimum Gasteiger partial charge on any atom is -0.481 e. The molecule has 75 heavy (non-hydrogen) atoms. The van der Waals surface area contributed by atoms with Crippen LogP contribution in [-0.2, 0) is 54.4 Å². The molecule has 0 aliphatic rings. The molecule has 0 aliphatic carbocycles. The Labute approximate surface area is 448 Å². The Kier molecular flexibility index (Phi) is 28.2. The predicted molar refractivity (Wildman–Crippen MR) is 287 cm³/mol. The fourth-order valence-electron chi connectivity index (χ4n) is 7.00. The van der Waals surface area contributed by atoms with E-state index in [-0.39, 0.29) is 86.7 Å². The number of aromatic amines is 1. The van der Waals surface area contributed by atoms with Crippen molar-refractivity contribution in [1.29, 1.82) is 0 Å². The van der Waals surface area contributed by atoms with E-state index in [0.717, 1.165) is 0 Å². The molecule has 2 aromatic rings. The quantitative estimate of drug-likeness (QED) is 0.0135. The lowest BCUT2D eigenvalue weighted by atomic mass is 10.00. The molecule has 1 heterocycles. The highest BCUT2D eigenvalue weighted by molar-refractivity contribution is 7.80. The molecule has 0 radical (unpaired) electrons. The van der Waals surface area contributed by atoms with Crippen molar-refractivity contribution in [3.05, 3.63) is 36.0 Å². The summed E-state index contributed by atoms with van der Waals surface area (Å²) in [5, 5.41) is 39.5. The number of aliphatic carboxylic acids is 2. The van der Waals surface area contributed by atoms with Crippen molar-refractivity contribution in [2.45, 2.75) is 107 Å². The van der Waals surface area contributed by atoms with Crippen LogP contribution in [0.25, 0.3) is 10.9 Å². The molecule has 2 rings (SSSR count). The second kappa shape index (κ2) is 33.0. The topological polar surface area (TPSA) is 478 Å². The number of carboxylic acid groups (broad SMARTS) is 2. The van der Waals surface area contributed by atoms with E-state index in [1.807, 2.05) is 0 Å². The number of benzene rings is 1. The number of carbonyl (C=O) groups is 10. The van der Waals surface area contributed by atoms with Gasteiger partial charge in [0, 0.05) is 53.9 Å². The Morgan fingerprint density at radius 1 is 0.600 bits per heavy atom. The van der Waals surface area contributed by atoms with Crippen LogP contribution >= 0.6 is 37.9 Å². The van der Waals surface area contributed by atoms with Gasteiger partial charge >= 0.3 is 11.9 Å². The normalized spacial score (nSPS) is 14.2. The third kappa shape index (κ3) is 23.4. The third-order valence-electron chi connectivity index (χ3n) is 10.8. The van der Waals surface area contributed by atoms with Crippen LogP contribution in [0.15, 0.2) is 40.4 Å². The van der Waals surface area contributed by atoms with Crippen molar-refractivity contribution in [2.75, 3.05) is 36.9 Å². The van der Waals surface area contributed by atoms with Gasteiger partial charge in [0.05, 0.1) is 19.0 Å². The van der Waals surface area contributed by atoms with Gasteiger partial charge in [-0.15, -0.1) is 0 Å². The van der Waals surface area contributed by atoms with Gasteiger partial charge in [-0.05, 0) is 49.7 Å². The fraction of sp³-hybridized carbons (Fsp3) is 0.545. The first-order valence-electron chi connectivity index (χ1n) is 23.5. The average Bonchev–Trinajstić information content (AvgIpc) is 3.76. The van der Waals surface area contributed by atoms with Crippen molar-refractivity contribution in [3.8, 4) is 0 Å². The molecule has 0 aliphatic heterocycles. The summed E-state index contributed by atoms with van der Waals surface area (Å²) in [7, 11) is 0. The van der Waals surface area contributed by atoms with Gasteiger partial charge < -0.3 is 86.4 Å². The van der Waals surface area contributed by atoms with Crippen molar-refractivity contribution >= 4 is 120 Å². The second-order valence-corrected chi connectivity index (χ2v) is 18.5. The summed E-state index contributed by atoms with van der Waals surface area (Å²) in [5.74, 6) is -11.5. The first-order valence-corrected chi connectivity index (χ1v) is 25.4. The SMILES string of the molecule is CC(C)C[C@H](NC(=O)[C@H](Cc1c[nH]c2ccccc12)NC(=O)[C@H](CC(=O)O)NC(=O)CNC(=O)[C@H](CCCN=C(N)N)NC(=O)[C@H](CCCN=C(N)N)NC(=O)[C@H](CS)NC(=O)[C@@H](N)CS)C(=O)N[C@@H](CS)C(=O)O. The van der Waals surface area contributed by atoms with Crippen molar-refractivity contribution in [3.63, 3.8) is 0 Å². The Balaban J connectivity index is 2.40. The molecule has 0 unspecified atom stereocenters. The van der Waals surface area contributed by atoms with E-state index in [1.165, 1.54) is 0 Å². The molecule has 1 aromatic carbocycles. The van der Waals surface area contributed by atoms with Crippen LogP contribution in [-0.4, -0.2) is 172 Å². The summed E-state index contributed by atoms with van der Waals surface area (Å²) < 4.78 is 0. The lowest BCUT2D eigenvalue weighted by molar-refractivity contribution is -0.141. The molecular weight excluding hydrogens is 1040 g/mol. The summed E-state index contributed by atoms with van der Waals surface area (Å²) in [6.07, 6.45) is 0.411. The van der Waals surface area contributed by atoms with Crippen LogP contribution in [0.4, 0.5) is 0 Å². The van der Waals surface area contributed by atoms with E-state index in [4.69, 9.17) is 28.7 Å². The molecular formula is C44H70N16O12S3. The highest BCUT2D eigenvalue weighted by atomic mass is 32.1. The number of aromatic nitrogens is 1. The van der Waals surface area contributed by atoms with Gasteiger partial charge in [0.15, 0.2) is 11.9 Å². The lowest BCUT2D eigenvalue weighted by Gasteiger charge is -2.26. The largest absolute Gasteiger partial charge is 0.481 e. The van der Waals surface area contributed by atoms with Crippen LogP contribution < -0.4 is 71.2 Å². The molecule has 0 saturated heterocycles. The molecule has 31 heteroatoms. The zero-order chi connectivity index (χ0) is 56.4. The van der Waals surface area contributed by atoms with E-state index in [1.54, 1.807) is 44.3 Å². The molecule has 28 nitrogen and oxygen atoms in total. The summed E-state index contributed by atoms with van der Waals surface area (Å²) in [4.78, 5) is 143. The van der Waals surface area contributed by atoms with Gasteiger partial charge in [-0.3, -0.25) is 53.1 Å². The summed E-state index contributed by atoms with van der Waals surface area (Å²) >= 11 is 12.1. The number of aliphatic imine (C=N–C) groups is 2. The first kappa shape index (κ1) is 64.1. The highest BCUT2D eigenvalue weighted by Gasteiger charge is 2.34. The van der Waals surface area contributed by atoms with Crippen LogP contribution in [0.5, 0.6) is 0 Å². The monoisotopic (exact) mass is 1110 g/mol. The zero-order valence-corrected chi connectivity index (χ0v) is 44.1. The maximum absolute atomic E-state index is 14.1. The number of guanidine groups is 2. The number of nitrogens with one attached hydrogen (secondary N) is 9. The van der Waals surface area contributed by atoms with Crippen molar-refractivity contribution in [1.82, 2.24) is 47.5 Å². The van der Waals surface area contributed by atoms with Gasteiger partial charge in [-0.1, -0.05) is 32.0 Å². The Hall–Kier alpha value is -6.99. The smallest absolute Gasteiger partial charge is 0.327 e. The number of hydrogen-bond donors (Lipinski definition) is 19. The van der Waals surface area contributed by atoms with E-state index >= 15 is 0 Å². The molecule has 416 valence electrons. The number of amides is 8. The van der Waals surface area contributed by atoms with E-state index in [2.05, 4.69) is 95.4 Å². The third-order valence-corrected chi connectivity index (χ3v) is 12.0. The zero-order valence-electron chi connectivity index (χ0n) is 41.4. The Bertz CT molecular complexity index is 2370. The second-order valence-electron chi connectivity index (χ2n) is 17.4. The van der Waals surface area contributed by atoms with Crippen molar-refractivity contribution in [2.24, 2.45) is 44.6 Å². The van der Waals surface area contributed by atoms with Crippen molar-refractivity contribution < 1.29 is 58.2 Å². The first-order chi connectivity index (χ1) is 35.4. The van der Waals surface area contributed by atoms with Gasteiger partial charge in [0.1, 0.15) is 42.3 Å². The number of para-hydroxylation sites is 1. The van der Waals surface area contributed by atoms with E-state index in [9.17, 15) is 58.2 Å². The number of H-pyrrole nitrogens is 1.